The van der Waals surface area contributed by atoms with Crippen LogP contribution in [0.25, 0.3) is 0 Å². The Morgan fingerprint density at radius 3 is 1.00 bits per heavy atom. The first-order valence-corrected chi connectivity index (χ1v) is 21.6. The summed E-state index contributed by atoms with van der Waals surface area (Å²) in [5.74, 6) is 7.23. The normalized spacial score (nSPS) is 33.1. The van der Waals surface area contributed by atoms with Crippen LogP contribution in [0.15, 0.2) is 36.4 Å². The molecule has 5 aliphatic rings. The summed E-state index contributed by atoms with van der Waals surface area (Å²) in [5.41, 5.74) is 11.0. The Kier molecular flexibility index (Phi) is 9.41. The van der Waals surface area contributed by atoms with E-state index in [-0.39, 0.29) is 21.7 Å². The quantitative estimate of drug-likeness (QED) is 0.302. The van der Waals surface area contributed by atoms with Crippen molar-refractivity contribution in [1.82, 2.24) is 0 Å². The van der Waals surface area contributed by atoms with Crippen molar-refractivity contribution in [2.45, 2.75) is 200 Å². The third-order valence-corrected chi connectivity index (χ3v) is 15.9. The Labute approximate surface area is 309 Å². The molecule has 8 unspecified atom stereocenters. The maximum absolute atomic E-state index is 2.66. The van der Waals surface area contributed by atoms with Gasteiger partial charge in [0.2, 0.25) is 0 Å². The number of rotatable bonds is 4. The van der Waals surface area contributed by atoms with Crippen molar-refractivity contribution in [3.63, 3.8) is 0 Å². The first kappa shape index (κ1) is 36.8. The molecule has 0 aliphatic heterocycles. The highest BCUT2D eigenvalue weighted by atomic mass is 14.6. The van der Waals surface area contributed by atoms with Crippen molar-refractivity contribution in [3.05, 3.63) is 69.8 Å². The lowest BCUT2D eigenvalue weighted by molar-refractivity contribution is -0.0699. The van der Waals surface area contributed by atoms with E-state index in [1.165, 1.54) is 70.6 Å². The minimum atomic E-state index is 0.192. The van der Waals surface area contributed by atoms with Crippen molar-refractivity contribution in [3.8, 4) is 0 Å². The maximum Gasteiger partial charge on any atom is -0.0131 e. The van der Waals surface area contributed by atoms with Gasteiger partial charge in [-0.3, -0.25) is 0 Å². The number of hydrogen-bond donors (Lipinski definition) is 0. The van der Waals surface area contributed by atoms with Crippen LogP contribution in [0.3, 0.4) is 0 Å². The molecule has 5 aliphatic carbocycles. The molecule has 5 fully saturated rings. The van der Waals surface area contributed by atoms with Gasteiger partial charge in [0, 0.05) is 0 Å². The molecule has 2 aromatic rings. The molecule has 0 saturated heterocycles. The Balaban J connectivity index is 1.17. The summed E-state index contributed by atoms with van der Waals surface area (Å²) < 4.78 is 0. The molecular formula is C50H76. The molecule has 276 valence electrons. The molecule has 0 spiro atoms. The third-order valence-electron chi connectivity index (χ3n) is 15.9. The van der Waals surface area contributed by atoms with Gasteiger partial charge in [-0.15, -0.1) is 0 Å². The van der Waals surface area contributed by atoms with Crippen molar-refractivity contribution in [2.24, 2.45) is 40.9 Å². The summed E-state index contributed by atoms with van der Waals surface area (Å²) in [6, 6.07) is 15.7. The molecule has 0 bridgehead atoms. The average Bonchev–Trinajstić information content (AvgIpc) is 3.64. The van der Waals surface area contributed by atoms with E-state index >= 15 is 0 Å². The van der Waals surface area contributed by atoms with Gasteiger partial charge in [-0.1, -0.05) is 139 Å². The van der Waals surface area contributed by atoms with Crippen LogP contribution >= 0.6 is 0 Å². The summed E-state index contributed by atoms with van der Waals surface area (Å²) in [6.45, 7) is 29.0. The predicted molar refractivity (Wildman–Crippen MR) is 217 cm³/mol. The number of benzene rings is 2. The van der Waals surface area contributed by atoms with Crippen molar-refractivity contribution in [1.29, 1.82) is 0 Å². The average molecular weight is 677 g/mol. The van der Waals surface area contributed by atoms with E-state index in [4.69, 9.17) is 0 Å². The maximum atomic E-state index is 2.66. The monoisotopic (exact) mass is 677 g/mol. The minimum Gasteiger partial charge on any atom is -0.0561 e. The fourth-order valence-electron chi connectivity index (χ4n) is 12.9. The lowest BCUT2D eigenvalue weighted by atomic mass is 9.48. The van der Waals surface area contributed by atoms with E-state index in [1.807, 2.05) is 0 Å². The van der Waals surface area contributed by atoms with Crippen LogP contribution < -0.4 is 0 Å². The zero-order valence-corrected chi connectivity index (χ0v) is 34.8. The summed E-state index contributed by atoms with van der Waals surface area (Å²) in [4.78, 5) is 0. The van der Waals surface area contributed by atoms with E-state index in [0.717, 1.165) is 47.3 Å². The zero-order chi connectivity index (χ0) is 36.0. The minimum absolute atomic E-state index is 0.192. The zero-order valence-electron chi connectivity index (χ0n) is 34.8. The Morgan fingerprint density at radius 1 is 0.380 bits per heavy atom. The lowest BCUT2D eigenvalue weighted by Gasteiger charge is -2.57. The topological polar surface area (TPSA) is 0 Å². The second-order valence-electron chi connectivity index (χ2n) is 22.9. The van der Waals surface area contributed by atoms with Gasteiger partial charge < -0.3 is 0 Å². The highest BCUT2D eigenvalue weighted by Gasteiger charge is 2.60. The molecule has 0 heteroatoms. The molecule has 8 atom stereocenters. The van der Waals surface area contributed by atoms with Crippen LogP contribution in [-0.2, 0) is 21.7 Å². The van der Waals surface area contributed by atoms with Crippen LogP contribution in [0.5, 0.6) is 0 Å². The van der Waals surface area contributed by atoms with Gasteiger partial charge in [-0.25, -0.2) is 0 Å². The molecular weight excluding hydrogens is 601 g/mol. The summed E-state index contributed by atoms with van der Waals surface area (Å²) >= 11 is 0. The third kappa shape index (κ3) is 6.61. The van der Waals surface area contributed by atoms with E-state index in [9.17, 15) is 0 Å². The molecule has 5 saturated carbocycles. The second-order valence-corrected chi connectivity index (χ2v) is 22.9. The van der Waals surface area contributed by atoms with Gasteiger partial charge >= 0.3 is 0 Å². The van der Waals surface area contributed by atoms with Crippen LogP contribution in [0.1, 0.15) is 212 Å². The van der Waals surface area contributed by atoms with Crippen molar-refractivity contribution in [2.75, 3.05) is 0 Å². The number of hydrogen-bond acceptors (Lipinski definition) is 0. The van der Waals surface area contributed by atoms with Crippen molar-refractivity contribution >= 4 is 0 Å². The smallest absolute Gasteiger partial charge is 0.0131 e. The predicted octanol–water partition coefficient (Wildman–Crippen LogP) is 14.6. The molecule has 50 heavy (non-hydrogen) atoms. The molecule has 0 N–H and O–H groups in total. The summed E-state index contributed by atoms with van der Waals surface area (Å²) in [5, 5.41) is 0. The SMILES string of the molecule is CC(C)(C)c1cc(C2CCCC3C2CCC3C2(C3CCC4C(c5cc(C(C)(C)C)cc(C(C)(C)C)c5)CCCC43)CCC2)cc(C(C)(C)C)c1. The van der Waals surface area contributed by atoms with Crippen LogP contribution in [-0.4, -0.2) is 0 Å². The first-order valence-electron chi connectivity index (χ1n) is 21.6. The molecule has 0 amide bonds. The second kappa shape index (κ2) is 12.8. The first-order chi connectivity index (χ1) is 23.3. The van der Waals surface area contributed by atoms with Gasteiger partial charge in [-0.05, 0) is 172 Å². The standard InChI is InChI=1S/C50H76/c1-46(2,3)34-26-32(27-35(30-34)47(4,5)6)38-16-13-18-42-40(38)20-22-44(42)50(24-15-25-50)45-23-21-41-39(17-14-19-43(41)45)33-28-36(48(7,8)9)31-37(29-33)49(10,11)12/h26-31,38-45H,13-25H2,1-12H3. The lowest BCUT2D eigenvalue weighted by Crippen LogP contribution is -2.48. The van der Waals surface area contributed by atoms with Gasteiger partial charge in [0.05, 0.1) is 0 Å². The summed E-state index contributed by atoms with van der Waals surface area (Å²) in [7, 11) is 0. The highest BCUT2D eigenvalue weighted by Crippen LogP contribution is 2.69. The van der Waals surface area contributed by atoms with Gasteiger partial charge in [0.15, 0.2) is 0 Å². The van der Waals surface area contributed by atoms with Crippen molar-refractivity contribution < 1.29 is 0 Å². The summed E-state index contributed by atoms with van der Waals surface area (Å²) in [6.07, 6.45) is 19.4. The molecule has 0 heterocycles. The van der Waals surface area contributed by atoms with E-state index < -0.39 is 0 Å². The van der Waals surface area contributed by atoms with Crippen LogP contribution in [0, 0.1) is 40.9 Å². The van der Waals surface area contributed by atoms with Gasteiger partial charge in [-0.2, -0.15) is 0 Å². The molecule has 0 aromatic heterocycles. The Morgan fingerprint density at radius 2 is 0.720 bits per heavy atom. The molecule has 0 nitrogen and oxygen atoms in total. The molecule has 0 radical (unpaired) electrons. The Hall–Kier alpha value is -1.56. The fourth-order valence-corrected chi connectivity index (χ4v) is 12.9. The molecule has 7 rings (SSSR count). The fraction of sp³-hybridized carbons (Fsp3) is 0.760. The van der Waals surface area contributed by atoms with Crippen LogP contribution in [0.2, 0.25) is 0 Å². The highest BCUT2D eigenvalue weighted by molar-refractivity contribution is 5.41. The van der Waals surface area contributed by atoms with Gasteiger partial charge in [0.25, 0.3) is 0 Å². The van der Waals surface area contributed by atoms with E-state index in [1.54, 1.807) is 46.2 Å². The Bertz CT molecular complexity index is 1340. The number of fused-ring (bicyclic) bond motifs is 2. The van der Waals surface area contributed by atoms with Gasteiger partial charge in [0.1, 0.15) is 0 Å². The van der Waals surface area contributed by atoms with E-state index in [2.05, 4.69) is 119 Å². The van der Waals surface area contributed by atoms with Crippen LogP contribution in [0.4, 0.5) is 0 Å². The largest absolute Gasteiger partial charge is 0.0561 e. The molecule has 2 aromatic carbocycles. The van der Waals surface area contributed by atoms with E-state index in [0.29, 0.717) is 5.41 Å².